The summed E-state index contributed by atoms with van der Waals surface area (Å²) in [5.41, 5.74) is 2.64. The van der Waals surface area contributed by atoms with Crippen molar-refractivity contribution in [3.05, 3.63) is 54.9 Å². The van der Waals surface area contributed by atoms with Crippen LogP contribution in [0.2, 0.25) is 0 Å². The second kappa shape index (κ2) is 7.76. The molecule has 1 unspecified atom stereocenters. The molecule has 4 aromatic rings. The molecule has 0 saturated carbocycles. The number of hydrogen-bond donors (Lipinski definition) is 1. The minimum absolute atomic E-state index is 0.00665. The third-order valence-electron chi connectivity index (χ3n) is 5.55. The van der Waals surface area contributed by atoms with Crippen molar-refractivity contribution in [3.8, 4) is 5.75 Å². The van der Waals surface area contributed by atoms with Crippen LogP contribution in [0.4, 0.5) is 11.5 Å². The zero-order valence-corrected chi connectivity index (χ0v) is 16.7. The number of carbonyl (C=O) groups excluding carboxylic acids is 1. The lowest BCUT2D eigenvalue weighted by Gasteiger charge is -2.29. The summed E-state index contributed by atoms with van der Waals surface area (Å²) in [6.45, 7) is 1.59. The number of nitrogens with zero attached hydrogens (tertiary/aromatic N) is 3. The van der Waals surface area contributed by atoms with Crippen LogP contribution in [0.3, 0.4) is 0 Å². The van der Waals surface area contributed by atoms with Gasteiger partial charge in [0.1, 0.15) is 23.2 Å². The lowest BCUT2D eigenvalue weighted by Crippen LogP contribution is -2.41. The van der Waals surface area contributed by atoms with Crippen LogP contribution < -0.4 is 15.0 Å². The second-order valence-corrected chi connectivity index (χ2v) is 7.39. The number of nitrogens with one attached hydrogen (secondary N) is 1. The van der Waals surface area contributed by atoms with Crippen LogP contribution in [0.15, 0.2) is 59.3 Å². The van der Waals surface area contributed by atoms with E-state index in [0.717, 1.165) is 36.1 Å². The predicted molar refractivity (Wildman–Crippen MR) is 115 cm³/mol. The van der Waals surface area contributed by atoms with E-state index in [2.05, 4.69) is 15.3 Å². The molecule has 1 saturated heterocycles. The van der Waals surface area contributed by atoms with Crippen molar-refractivity contribution in [2.45, 2.75) is 12.8 Å². The van der Waals surface area contributed by atoms with Gasteiger partial charge in [-0.25, -0.2) is 9.97 Å². The lowest BCUT2D eigenvalue weighted by atomic mass is 9.97. The Balaban J connectivity index is 1.68. The van der Waals surface area contributed by atoms with E-state index in [-0.39, 0.29) is 11.8 Å². The maximum atomic E-state index is 13.7. The van der Waals surface area contributed by atoms with Gasteiger partial charge in [-0.15, -0.1) is 0 Å². The van der Waals surface area contributed by atoms with Crippen molar-refractivity contribution < 1.29 is 13.9 Å². The molecule has 7 nitrogen and oxygen atoms in total. The Labute approximate surface area is 173 Å². The summed E-state index contributed by atoms with van der Waals surface area (Å²) in [4.78, 5) is 24.2. The number of rotatable bonds is 4. The Morgan fingerprint density at radius 2 is 2.00 bits per heavy atom. The van der Waals surface area contributed by atoms with Crippen molar-refractivity contribution in [2.75, 3.05) is 25.1 Å². The molecule has 3 heterocycles. The van der Waals surface area contributed by atoms with E-state index >= 15 is 0 Å². The lowest BCUT2D eigenvalue weighted by molar-refractivity contribution is -0.122. The fourth-order valence-electron chi connectivity index (χ4n) is 4.00. The van der Waals surface area contributed by atoms with E-state index in [9.17, 15) is 4.79 Å². The summed E-state index contributed by atoms with van der Waals surface area (Å²) in [7, 11) is 1.62. The molecule has 2 aromatic carbocycles. The first-order valence-corrected chi connectivity index (χ1v) is 10.1. The molecule has 0 spiro atoms. The number of piperidine rings is 1. The Morgan fingerprint density at radius 1 is 1.17 bits per heavy atom. The molecule has 1 atom stereocenters. The molecule has 1 N–H and O–H groups in total. The molecule has 5 rings (SSSR count). The molecule has 2 aromatic heterocycles. The van der Waals surface area contributed by atoms with Gasteiger partial charge in [-0.2, -0.15) is 0 Å². The Morgan fingerprint density at radius 3 is 2.77 bits per heavy atom. The van der Waals surface area contributed by atoms with Crippen molar-refractivity contribution in [1.29, 1.82) is 0 Å². The number of ether oxygens (including phenoxy) is 1. The normalized spacial score (nSPS) is 16.6. The quantitative estimate of drug-likeness (QED) is 0.555. The van der Waals surface area contributed by atoms with Gasteiger partial charge < -0.3 is 14.5 Å². The van der Waals surface area contributed by atoms with E-state index in [1.807, 2.05) is 48.5 Å². The first kappa shape index (κ1) is 18.6. The number of benzene rings is 2. The summed E-state index contributed by atoms with van der Waals surface area (Å²) < 4.78 is 11.4. The van der Waals surface area contributed by atoms with Gasteiger partial charge in [0.25, 0.3) is 0 Å². The summed E-state index contributed by atoms with van der Waals surface area (Å²) >= 11 is 0. The summed E-state index contributed by atoms with van der Waals surface area (Å²) in [5.74, 6) is 1.04. The van der Waals surface area contributed by atoms with Crippen LogP contribution >= 0.6 is 0 Å². The zero-order chi connectivity index (χ0) is 20.5. The monoisotopic (exact) mass is 402 g/mol. The highest BCUT2D eigenvalue weighted by atomic mass is 16.5. The van der Waals surface area contributed by atoms with E-state index in [1.54, 1.807) is 12.0 Å². The number of carbonyl (C=O) groups is 1. The molecule has 1 fully saturated rings. The number of fused-ring (bicyclic) bond motifs is 3. The summed E-state index contributed by atoms with van der Waals surface area (Å²) in [6, 6.07) is 15.1. The van der Waals surface area contributed by atoms with Gasteiger partial charge in [-0.1, -0.05) is 12.1 Å². The second-order valence-electron chi connectivity index (χ2n) is 7.39. The van der Waals surface area contributed by atoms with Gasteiger partial charge in [0.05, 0.1) is 18.7 Å². The SMILES string of the molecule is COc1ccc(N(C(=O)C2CCCNC2)c2ncnc3c2oc2ccccc23)cc1. The van der Waals surface area contributed by atoms with Gasteiger partial charge in [0, 0.05) is 11.9 Å². The molecule has 0 bridgehead atoms. The molecule has 30 heavy (non-hydrogen) atoms. The van der Waals surface area contributed by atoms with E-state index in [4.69, 9.17) is 9.15 Å². The maximum absolute atomic E-state index is 13.7. The predicted octanol–water partition coefficient (Wildman–Crippen LogP) is 4.05. The molecule has 152 valence electrons. The Bertz CT molecular complexity index is 1200. The van der Waals surface area contributed by atoms with E-state index < -0.39 is 0 Å². The molecule has 1 aliphatic heterocycles. The molecule has 1 aliphatic rings. The minimum Gasteiger partial charge on any atom is -0.497 e. The number of hydrogen-bond acceptors (Lipinski definition) is 6. The van der Waals surface area contributed by atoms with Crippen LogP contribution in [0.1, 0.15) is 12.8 Å². The molecule has 0 aliphatic carbocycles. The van der Waals surface area contributed by atoms with Crippen LogP contribution in [-0.4, -0.2) is 36.1 Å². The number of aromatic nitrogens is 2. The van der Waals surface area contributed by atoms with E-state index in [1.165, 1.54) is 6.33 Å². The fraction of sp³-hybridized carbons (Fsp3) is 0.261. The van der Waals surface area contributed by atoms with Gasteiger partial charge in [0.2, 0.25) is 5.91 Å². The fourth-order valence-corrected chi connectivity index (χ4v) is 4.00. The highest BCUT2D eigenvalue weighted by molar-refractivity contribution is 6.11. The first-order valence-electron chi connectivity index (χ1n) is 10.1. The van der Waals surface area contributed by atoms with Crippen LogP contribution in [0, 0.1) is 5.92 Å². The maximum Gasteiger partial charge on any atom is 0.237 e. The average Bonchev–Trinajstić information content (AvgIpc) is 3.20. The van der Waals surface area contributed by atoms with Crippen molar-refractivity contribution in [1.82, 2.24) is 15.3 Å². The first-order chi connectivity index (χ1) is 14.8. The van der Waals surface area contributed by atoms with Crippen LogP contribution in [0.5, 0.6) is 5.75 Å². The smallest absolute Gasteiger partial charge is 0.237 e. The van der Waals surface area contributed by atoms with Crippen molar-refractivity contribution in [3.63, 3.8) is 0 Å². The summed E-state index contributed by atoms with van der Waals surface area (Å²) in [5, 5.41) is 4.23. The number of para-hydroxylation sites is 1. The standard InChI is InChI=1S/C23H22N4O3/c1-29-17-10-8-16(9-11-17)27(23(28)15-5-4-12-24-13-15)22-21-20(25-14-26-22)18-6-2-3-7-19(18)30-21/h2-3,6-11,14-15,24H,4-5,12-13H2,1H3. The van der Waals surface area contributed by atoms with E-state index in [0.29, 0.717) is 29.1 Å². The highest BCUT2D eigenvalue weighted by Gasteiger charge is 2.31. The molecule has 1 amide bonds. The topological polar surface area (TPSA) is 80.5 Å². The number of furan rings is 1. The largest absolute Gasteiger partial charge is 0.497 e. The number of anilines is 2. The minimum atomic E-state index is -0.129. The van der Waals surface area contributed by atoms with Gasteiger partial charge in [-0.05, 0) is 55.8 Å². The molecule has 0 radical (unpaired) electrons. The molecular formula is C23H22N4O3. The van der Waals surface area contributed by atoms with Crippen LogP contribution in [0.25, 0.3) is 22.1 Å². The van der Waals surface area contributed by atoms with Gasteiger partial charge in [-0.3, -0.25) is 9.69 Å². The van der Waals surface area contributed by atoms with Crippen molar-refractivity contribution >= 4 is 39.5 Å². The van der Waals surface area contributed by atoms with Gasteiger partial charge >= 0.3 is 0 Å². The van der Waals surface area contributed by atoms with Gasteiger partial charge in [0.15, 0.2) is 11.4 Å². The zero-order valence-electron chi connectivity index (χ0n) is 16.7. The highest BCUT2D eigenvalue weighted by Crippen LogP contribution is 2.36. The Kier molecular flexibility index (Phi) is 4.80. The third kappa shape index (κ3) is 3.17. The third-order valence-corrected chi connectivity index (χ3v) is 5.55. The Hall–Kier alpha value is -3.45. The number of amides is 1. The van der Waals surface area contributed by atoms with Crippen molar-refractivity contribution in [2.24, 2.45) is 5.92 Å². The average molecular weight is 402 g/mol. The molecule has 7 heteroatoms. The summed E-state index contributed by atoms with van der Waals surface area (Å²) in [6.07, 6.45) is 3.30. The molecular weight excluding hydrogens is 380 g/mol. The van der Waals surface area contributed by atoms with Crippen LogP contribution in [-0.2, 0) is 4.79 Å². The number of methoxy groups -OCH3 is 1.